The molecule has 16 heavy (non-hydrogen) atoms. The Kier molecular flexibility index (Phi) is 4.19. The summed E-state index contributed by atoms with van der Waals surface area (Å²) in [5.41, 5.74) is 10.5. The molecule has 0 bridgehead atoms. The van der Waals surface area contributed by atoms with Crippen molar-refractivity contribution in [2.24, 2.45) is 23.3 Å². The first-order valence-electron chi connectivity index (χ1n) is 6.07. The molecule has 4 heteroatoms. The van der Waals surface area contributed by atoms with Crippen molar-refractivity contribution < 1.29 is 9.53 Å². The molecule has 1 saturated carbocycles. The second kappa shape index (κ2) is 5.04. The molecule has 0 aromatic rings. The fraction of sp³-hybridized carbons (Fsp3) is 0.917. The van der Waals surface area contributed by atoms with E-state index in [-0.39, 0.29) is 0 Å². The normalized spacial score (nSPS) is 28.5. The average Bonchev–Trinajstić information content (AvgIpc) is 2.16. The Morgan fingerprint density at radius 2 is 1.81 bits per heavy atom. The van der Waals surface area contributed by atoms with Crippen LogP contribution in [0.25, 0.3) is 0 Å². The van der Waals surface area contributed by atoms with Crippen LogP contribution in [0.4, 0.5) is 4.79 Å². The van der Waals surface area contributed by atoms with Gasteiger partial charge >= 0.3 is 6.09 Å². The van der Waals surface area contributed by atoms with E-state index in [0.29, 0.717) is 17.9 Å². The molecule has 4 nitrogen and oxygen atoms in total. The molecule has 94 valence electrons. The maximum atomic E-state index is 10.8. The van der Waals surface area contributed by atoms with E-state index >= 15 is 0 Å². The van der Waals surface area contributed by atoms with Crippen LogP contribution in [0, 0.1) is 11.8 Å². The maximum absolute atomic E-state index is 10.8. The van der Waals surface area contributed by atoms with Crippen molar-refractivity contribution in [3.8, 4) is 0 Å². The fourth-order valence-corrected chi connectivity index (χ4v) is 2.56. The number of primary amides is 1. The smallest absolute Gasteiger partial charge is 0.405 e. The molecule has 1 atom stereocenters. The Morgan fingerprint density at radius 1 is 1.31 bits per heavy atom. The summed E-state index contributed by atoms with van der Waals surface area (Å²) in [6, 6.07) is 0.351. The molecule has 4 N–H and O–H groups in total. The standard InChI is InChI=1S/C12H24N2O2/c1-8(12(2,3)16-11(14)15)9-4-6-10(13)7-5-9/h8-10H,4-7,13H2,1-3H3,(H2,14,15). The lowest BCUT2D eigenvalue weighted by atomic mass is 9.73. The van der Waals surface area contributed by atoms with Crippen LogP contribution in [0.1, 0.15) is 46.5 Å². The molecule has 1 rings (SSSR count). The van der Waals surface area contributed by atoms with Crippen molar-refractivity contribution >= 4 is 6.09 Å². The van der Waals surface area contributed by atoms with Crippen LogP contribution in [0.3, 0.4) is 0 Å². The average molecular weight is 228 g/mol. The second-order valence-electron chi connectivity index (χ2n) is 5.49. The fourth-order valence-electron chi connectivity index (χ4n) is 2.56. The number of carbonyl (C=O) groups excluding carboxylic acids is 1. The van der Waals surface area contributed by atoms with Crippen molar-refractivity contribution in [1.29, 1.82) is 0 Å². The number of nitrogens with two attached hydrogens (primary N) is 2. The van der Waals surface area contributed by atoms with Crippen LogP contribution in [0.5, 0.6) is 0 Å². The third-order valence-corrected chi connectivity index (χ3v) is 3.98. The maximum Gasteiger partial charge on any atom is 0.405 e. The van der Waals surface area contributed by atoms with Gasteiger partial charge in [0, 0.05) is 6.04 Å². The third-order valence-electron chi connectivity index (χ3n) is 3.98. The van der Waals surface area contributed by atoms with Crippen molar-refractivity contribution in [2.45, 2.75) is 58.1 Å². The Bertz CT molecular complexity index is 245. The van der Waals surface area contributed by atoms with Gasteiger partial charge in [-0.1, -0.05) is 6.92 Å². The highest BCUT2D eigenvalue weighted by atomic mass is 16.6. The molecule has 0 aliphatic heterocycles. The van der Waals surface area contributed by atoms with Gasteiger partial charge < -0.3 is 16.2 Å². The van der Waals surface area contributed by atoms with Crippen molar-refractivity contribution in [2.75, 3.05) is 0 Å². The van der Waals surface area contributed by atoms with E-state index in [1.807, 2.05) is 13.8 Å². The van der Waals surface area contributed by atoms with Gasteiger partial charge in [-0.15, -0.1) is 0 Å². The molecule has 0 aromatic heterocycles. The van der Waals surface area contributed by atoms with Gasteiger partial charge in [0.2, 0.25) is 0 Å². The van der Waals surface area contributed by atoms with Gasteiger partial charge in [-0.05, 0) is 51.4 Å². The molecule has 1 fully saturated rings. The van der Waals surface area contributed by atoms with Crippen LogP contribution >= 0.6 is 0 Å². The topological polar surface area (TPSA) is 78.3 Å². The summed E-state index contributed by atoms with van der Waals surface area (Å²) in [5, 5.41) is 0. The number of hydrogen-bond acceptors (Lipinski definition) is 3. The van der Waals surface area contributed by atoms with E-state index < -0.39 is 11.7 Å². The first kappa shape index (κ1) is 13.3. The SMILES string of the molecule is CC(C1CCC(N)CC1)C(C)(C)OC(N)=O. The van der Waals surface area contributed by atoms with Crippen LogP contribution in [-0.4, -0.2) is 17.7 Å². The second-order valence-corrected chi connectivity index (χ2v) is 5.49. The predicted octanol–water partition coefficient (Wildman–Crippen LogP) is 2.01. The summed E-state index contributed by atoms with van der Waals surface area (Å²) >= 11 is 0. The first-order valence-corrected chi connectivity index (χ1v) is 6.07. The number of amides is 1. The first-order chi connectivity index (χ1) is 7.33. The van der Waals surface area contributed by atoms with Crippen LogP contribution in [0.15, 0.2) is 0 Å². The molecule has 1 unspecified atom stereocenters. The van der Waals surface area contributed by atoms with Crippen molar-refractivity contribution in [3.05, 3.63) is 0 Å². The molecule has 1 aliphatic rings. The minimum Gasteiger partial charge on any atom is -0.443 e. The highest BCUT2D eigenvalue weighted by molar-refractivity contribution is 5.65. The molecule has 1 amide bonds. The zero-order valence-corrected chi connectivity index (χ0v) is 10.5. The Balaban J connectivity index is 2.55. The minimum absolute atomic E-state index is 0.312. The summed E-state index contributed by atoms with van der Waals surface area (Å²) in [4.78, 5) is 10.8. The summed E-state index contributed by atoms with van der Waals surface area (Å²) in [7, 11) is 0. The Labute approximate surface area is 97.7 Å². The Morgan fingerprint density at radius 3 is 2.25 bits per heavy atom. The zero-order valence-electron chi connectivity index (χ0n) is 10.5. The van der Waals surface area contributed by atoms with Gasteiger partial charge in [0.1, 0.15) is 5.60 Å². The van der Waals surface area contributed by atoms with Gasteiger partial charge in [0.25, 0.3) is 0 Å². The van der Waals surface area contributed by atoms with Gasteiger partial charge in [0.15, 0.2) is 0 Å². The Hall–Kier alpha value is -0.770. The highest BCUT2D eigenvalue weighted by Gasteiger charge is 2.36. The van der Waals surface area contributed by atoms with E-state index in [4.69, 9.17) is 16.2 Å². The summed E-state index contributed by atoms with van der Waals surface area (Å²) in [6.45, 7) is 5.98. The highest BCUT2D eigenvalue weighted by Crippen LogP contribution is 2.36. The number of ether oxygens (including phenoxy) is 1. The molecule has 0 aromatic carbocycles. The van der Waals surface area contributed by atoms with E-state index in [1.165, 1.54) is 0 Å². The van der Waals surface area contributed by atoms with Crippen LogP contribution < -0.4 is 11.5 Å². The lowest BCUT2D eigenvalue weighted by molar-refractivity contribution is -0.0231. The van der Waals surface area contributed by atoms with Crippen molar-refractivity contribution in [3.63, 3.8) is 0 Å². The minimum atomic E-state index is -0.690. The van der Waals surface area contributed by atoms with Gasteiger partial charge in [0.05, 0.1) is 0 Å². The number of rotatable bonds is 3. The lowest BCUT2D eigenvalue weighted by Gasteiger charge is -2.39. The molecule has 0 heterocycles. The molecule has 0 spiro atoms. The van der Waals surface area contributed by atoms with Crippen molar-refractivity contribution in [1.82, 2.24) is 0 Å². The van der Waals surface area contributed by atoms with Gasteiger partial charge in [-0.25, -0.2) is 4.79 Å². The van der Waals surface area contributed by atoms with Crippen LogP contribution in [-0.2, 0) is 4.74 Å². The summed E-state index contributed by atoms with van der Waals surface area (Å²) < 4.78 is 5.19. The molecule has 0 radical (unpaired) electrons. The third kappa shape index (κ3) is 3.37. The molecular weight excluding hydrogens is 204 g/mol. The molecular formula is C12H24N2O2. The predicted molar refractivity (Wildman–Crippen MR) is 63.8 cm³/mol. The van der Waals surface area contributed by atoms with E-state index in [1.54, 1.807) is 0 Å². The number of carbonyl (C=O) groups is 1. The quantitative estimate of drug-likeness (QED) is 0.775. The zero-order chi connectivity index (χ0) is 12.3. The summed E-state index contributed by atoms with van der Waals surface area (Å²) in [6.07, 6.45) is 3.69. The lowest BCUT2D eigenvalue weighted by Crippen LogP contribution is -2.42. The summed E-state index contributed by atoms with van der Waals surface area (Å²) in [5.74, 6) is 0.890. The largest absolute Gasteiger partial charge is 0.443 e. The van der Waals surface area contributed by atoms with E-state index in [0.717, 1.165) is 25.7 Å². The number of hydrogen-bond donors (Lipinski definition) is 2. The monoisotopic (exact) mass is 228 g/mol. The van der Waals surface area contributed by atoms with Gasteiger partial charge in [-0.3, -0.25) is 0 Å². The van der Waals surface area contributed by atoms with Gasteiger partial charge in [-0.2, -0.15) is 0 Å². The van der Waals surface area contributed by atoms with E-state index in [9.17, 15) is 4.79 Å². The van der Waals surface area contributed by atoms with E-state index in [2.05, 4.69) is 6.92 Å². The molecule has 0 saturated heterocycles. The van der Waals surface area contributed by atoms with Crippen LogP contribution in [0.2, 0.25) is 0 Å². The molecule has 1 aliphatic carbocycles.